The van der Waals surface area contributed by atoms with E-state index in [1.54, 1.807) is 13.3 Å². The van der Waals surface area contributed by atoms with Crippen molar-refractivity contribution in [3.05, 3.63) is 24.3 Å². The van der Waals surface area contributed by atoms with Crippen LogP contribution in [0.2, 0.25) is 0 Å². The number of ether oxygens (including phenoxy) is 3. The van der Waals surface area contributed by atoms with Gasteiger partial charge < -0.3 is 23.9 Å². The molecule has 4 rings (SSSR count). The molecule has 124 valence electrons. The van der Waals surface area contributed by atoms with Gasteiger partial charge in [0.15, 0.2) is 12.0 Å². The summed E-state index contributed by atoms with van der Waals surface area (Å²) < 4.78 is 20.0. The molecule has 0 radical (unpaired) electrons. The zero-order valence-corrected chi connectivity index (χ0v) is 13.6. The van der Waals surface area contributed by atoms with E-state index in [1.807, 2.05) is 37.6 Å². The monoisotopic (exact) mass is 319 g/mol. The van der Waals surface area contributed by atoms with E-state index >= 15 is 0 Å². The van der Waals surface area contributed by atoms with Gasteiger partial charge in [-0.3, -0.25) is 0 Å². The summed E-state index contributed by atoms with van der Waals surface area (Å²) in [7, 11) is 0. The summed E-state index contributed by atoms with van der Waals surface area (Å²) in [4.78, 5) is 8.60. The number of nitrogens with zero attached hydrogens (tertiary/aromatic N) is 3. The first-order valence-electron chi connectivity index (χ1n) is 7.85. The summed E-state index contributed by atoms with van der Waals surface area (Å²) in [6.07, 6.45) is 1.38. The van der Waals surface area contributed by atoms with Crippen LogP contribution in [-0.2, 0) is 14.2 Å². The van der Waals surface area contributed by atoms with Crippen molar-refractivity contribution >= 4 is 11.0 Å². The van der Waals surface area contributed by atoms with E-state index in [9.17, 15) is 5.11 Å². The molecule has 5 atom stereocenters. The molecular formula is C16H21N3O4. The molecule has 0 bridgehead atoms. The Bertz CT molecular complexity index is 742. The van der Waals surface area contributed by atoms with Crippen LogP contribution in [0.5, 0.6) is 0 Å². The number of hydrogen-bond donors (Lipinski definition) is 1. The predicted molar refractivity (Wildman–Crippen MR) is 81.7 cm³/mol. The Morgan fingerprint density at radius 1 is 1.26 bits per heavy atom. The van der Waals surface area contributed by atoms with Crippen molar-refractivity contribution in [2.24, 2.45) is 0 Å². The maximum Gasteiger partial charge on any atom is 0.164 e. The molecule has 2 saturated heterocycles. The summed E-state index contributed by atoms with van der Waals surface area (Å²) in [5.74, 6) is -0.696. The molecule has 2 aliphatic rings. The van der Waals surface area contributed by atoms with Crippen molar-refractivity contribution < 1.29 is 19.3 Å². The summed E-state index contributed by atoms with van der Waals surface area (Å²) in [6, 6.07) is 1.97. The lowest BCUT2D eigenvalue weighted by Crippen LogP contribution is -2.36. The smallest absolute Gasteiger partial charge is 0.164 e. The minimum atomic E-state index is -0.696. The van der Waals surface area contributed by atoms with E-state index in [1.165, 1.54) is 0 Å². The average molecular weight is 319 g/mol. The van der Waals surface area contributed by atoms with Crippen molar-refractivity contribution in [2.75, 3.05) is 0 Å². The molecule has 7 nitrogen and oxygen atoms in total. The molecule has 7 heteroatoms. The van der Waals surface area contributed by atoms with Crippen molar-refractivity contribution in [3.63, 3.8) is 0 Å². The first-order valence-corrected chi connectivity index (χ1v) is 7.85. The van der Waals surface area contributed by atoms with Gasteiger partial charge in [0.1, 0.15) is 30.3 Å². The number of aromatic nitrogens is 3. The van der Waals surface area contributed by atoms with E-state index in [0.717, 1.165) is 16.7 Å². The summed E-state index contributed by atoms with van der Waals surface area (Å²) >= 11 is 0. The highest BCUT2D eigenvalue weighted by molar-refractivity contribution is 5.78. The van der Waals surface area contributed by atoms with E-state index in [0.29, 0.717) is 0 Å². The van der Waals surface area contributed by atoms with Gasteiger partial charge in [0, 0.05) is 11.6 Å². The molecule has 0 aromatic carbocycles. The molecule has 2 fully saturated rings. The highest BCUT2D eigenvalue weighted by Crippen LogP contribution is 2.44. The highest BCUT2D eigenvalue weighted by Gasteiger charge is 2.57. The van der Waals surface area contributed by atoms with Gasteiger partial charge in [-0.05, 0) is 33.8 Å². The van der Waals surface area contributed by atoms with Crippen LogP contribution in [0.15, 0.2) is 18.6 Å². The molecule has 2 aromatic heterocycles. The molecule has 0 unspecified atom stereocenters. The molecule has 4 heterocycles. The van der Waals surface area contributed by atoms with Crippen molar-refractivity contribution in [1.82, 2.24) is 14.5 Å². The second-order valence-corrected chi connectivity index (χ2v) is 6.72. The van der Waals surface area contributed by atoms with E-state index in [-0.39, 0.29) is 12.2 Å². The number of aliphatic hydroxyl groups excluding tert-OH is 1. The molecule has 2 aromatic rings. The van der Waals surface area contributed by atoms with Crippen LogP contribution in [0.1, 0.15) is 32.7 Å². The van der Waals surface area contributed by atoms with Crippen LogP contribution in [0.25, 0.3) is 11.0 Å². The lowest BCUT2D eigenvalue weighted by molar-refractivity contribution is -0.205. The summed E-state index contributed by atoms with van der Waals surface area (Å²) in [5.41, 5.74) is 1.71. The van der Waals surface area contributed by atoms with E-state index in [4.69, 9.17) is 14.2 Å². The first kappa shape index (κ1) is 15.0. The molecule has 23 heavy (non-hydrogen) atoms. The Balaban J connectivity index is 1.77. The summed E-state index contributed by atoms with van der Waals surface area (Å²) in [5, 5.41) is 11.0. The largest absolute Gasteiger partial charge is 0.391 e. The lowest BCUT2D eigenvalue weighted by Gasteiger charge is -2.26. The Morgan fingerprint density at radius 2 is 2.00 bits per heavy atom. The highest BCUT2D eigenvalue weighted by atomic mass is 16.8. The Kier molecular flexibility index (Phi) is 3.25. The standard InChI is InChI=1S/C16H21N3O4/c1-8-10-5-6-19(14(10)18-7-17-8)15-13-12(11(21-15)9(2)20)22-16(3,4)23-13/h5-7,9,11-13,15,20H,1-4H3/t9-,11+,12-,13-,15-/m1/s1. The second-order valence-electron chi connectivity index (χ2n) is 6.72. The van der Waals surface area contributed by atoms with Crippen LogP contribution in [0.4, 0.5) is 0 Å². The molecule has 2 aliphatic heterocycles. The predicted octanol–water partition coefficient (Wildman–Crippen LogP) is 1.54. The van der Waals surface area contributed by atoms with Crippen LogP contribution >= 0.6 is 0 Å². The normalized spacial score (nSPS) is 34.0. The molecular weight excluding hydrogens is 298 g/mol. The van der Waals surface area contributed by atoms with Crippen molar-refractivity contribution in [3.8, 4) is 0 Å². The maximum atomic E-state index is 10.0. The van der Waals surface area contributed by atoms with Crippen LogP contribution in [-0.4, -0.2) is 49.8 Å². The lowest BCUT2D eigenvalue weighted by atomic mass is 10.1. The number of rotatable bonds is 2. The van der Waals surface area contributed by atoms with E-state index in [2.05, 4.69) is 9.97 Å². The minimum absolute atomic E-state index is 0.296. The second kappa shape index (κ2) is 4.98. The third kappa shape index (κ3) is 2.27. The van der Waals surface area contributed by atoms with Crippen molar-refractivity contribution in [1.29, 1.82) is 0 Å². The van der Waals surface area contributed by atoms with Crippen molar-refractivity contribution in [2.45, 2.75) is 64.1 Å². The third-order valence-electron chi connectivity index (χ3n) is 4.52. The Hall–Kier alpha value is -1.54. The third-order valence-corrected chi connectivity index (χ3v) is 4.52. The van der Waals surface area contributed by atoms with Gasteiger partial charge in [0.05, 0.1) is 11.8 Å². The topological polar surface area (TPSA) is 78.6 Å². The zero-order valence-electron chi connectivity index (χ0n) is 13.6. The zero-order chi connectivity index (χ0) is 16.4. The molecule has 0 saturated carbocycles. The number of fused-ring (bicyclic) bond motifs is 2. The fourth-order valence-electron chi connectivity index (χ4n) is 3.52. The van der Waals surface area contributed by atoms with Crippen LogP contribution < -0.4 is 0 Å². The minimum Gasteiger partial charge on any atom is -0.391 e. The molecule has 0 amide bonds. The number of aryl methyl sites for hydroxylation is 1. The Labute approximate surface area is 134 Å². The van der Waals surface area contributed by atoms with Gasteiger partial charge in [-0.15, -0.1) is 0 Å². The molecule has 1 N–H and O–H groups in total. The fourth-order valence-corrected chi connectivity index (χ4v) is 3.52. The van der Waals surface area contributed by atoms with Gasteiger partial charge >= 0.3 is 0 Å². The van der Waals surface area contributed by atoms with Gasteiger partial charge in [0.2, 0.25) is 0 Å². The first-order chi connectivity index (χ1) is 10.9. The molecule has 0 spiro atoms. The quantitative estimate of drug-likeness (QED) is 0.904. The molecule has 0 aliphatic carbocycles. The van der Waals surface area contributed by atoms with Crippen LogP contribution in [0, 0.1) is 6.92 Å². The fraction of sp³-hybridized carbons (Fsp3) is 0.625. The summed E-state index contributed by atoms with van der Waals surface area (Å²) in [6.45, 7) is 7.41. The number of hydrogen-bond acceptors (Lipinski definition) is 6. The van der Waals surface area contributed by atoms with E-state index < -0.39 is 24.2 Å². The Morgan fingerprint density at radius 3 is 2.74 bits per heavy atom. The number of aliphatic hydroxyl groups is 1. The van der Waals surface area contributed by atoms with Gasteiger partial charge in [-0.2, -0.15) is 0 Å². The van der Waals surface area contributed by atoms with Gasteiger partial charge in [0.25, 0.3) is 0 Å². The van der Waals surface area contributed by atoms with Gasteiger partial charge in [-0.1, -0.05) is 0 Å². The SMILES string of the molecule is Cc1ncnc2c1ccn2[C@@H]1O[C@@H]([C@@H](C)O)[C@H]2OC(C)(C)O[C@H]21. The average Bonchev–Trinajstić information content (AvgIpc) is 3.09. The van der Waals surface area contributed by atoms with Crippen LogP contribution in [0.3, 0.4) is 0 Å². The maximum absolute atomic E-state index is 10.0. The van der Waals surface area contributed by atoms with Gasteiger partial charge in [-0.25, -0.2) is 9.97 Å².